The first-order valence-electron chi connectivity index (χ1n) is 7.80. The topological polar surface area (TPSA) is 80.0 Å². The zero-order chi connectivity index (χ0) is 21.3. The number of nitrogens with one attached hydrogen (secondary N) is 1. The minimum absolute atomic E-state index is 0.0363. The number of hydrogen-bond donors (Lipinski definition) is 2. The molecule has 152 valence electrons. The Morgan fingerprint density at radius 2 is 1.83 bits per heavy atom. The van der Waals surface area contributed by atoms with Crippen LogP contribution in [0.2, 0.25) is 10.0 Å². The lowest BCUT2D eigenvalue weighted by molar-refractivity contribution is -0.140. The van der Waals surface area contributed by atoms with Crippen molar-refractivity contribution in [3.8, 4) is 11.4 Å². The third-order valence-corrected chi connectivity index (χ3v) is 4.33. The second-order valence-electron chi connectivity index (χ2n) is 5.77. The van der Waals surface area contributed by atoms with Crippen molar-refractivity contribution >= 4 is 29.1 Å². The van der Waals surface area contributed by atoms with Gasteiger partial charge in [0, 0.05) is 6.54 Å². The molecule has 12 heteroatoms. The number of rotatable bonds is 4. The smallest absolute Gasteiger partial charge is 0.419 e. The molecule has 2 N–H and O–H groups in total. The fraction of sp³-hybridized carbons (Fsp3) is 0.118. The molecule has 1 aromatic heterocycles. The summed E-state index contributed by atoms with van der Waals surface area (Å²) in [6, 6.07) is 5.10. The van der Waals surface area contributed by atoms with Crippen molar-refractivity contribution in [3.63, 3.8) is 0 Å². The predicted octanol–water partition coefficient (Wildman–Crippen LogP) is 4.37. The Balaban J connectivity index is 1.73. The lowest BCUT2D eigenvalue weighted by Crippen LogP contribution is -2.24. The summed E-state index contributed by atoms with van der Waals surface area (Å²) in [7, 11) is 0. The Morgan fingerprint density at radius 3 is 2.45 bits per heavy atom. The molecule has 0 spiro atoms. The van der Waals surface area contributed by atoms with Gasteiger partial charge in [-0.25, -0.2) is 14.1 Å². The normalized spacial score (nSPS) is 11.5. The van der Waals surface area contributed by atoms with Crippen LogP contribution >= 0.6 is 23.2 Å². The number of aromatic hydroxyl groups is 1. The van der Waals surface area contributed by atoms with Gasteiger partial charge in [0.2, 0.25) is 5.82 Å². The molecular weight excluding hydrogens is 439 g/mol. The van der Waals surface area contributed by atoms with E-state index in [-0.39, 0.29) is 33.7 Å². The number of carbonyl (C=O) groups is 1. The van der Waals surface area contributed by atoms with Gasteiger partial charge < -0.3 is 10.4 Å². The molecule has 0 bridgehead atoms. The predicted molar refractivity (Wildman–Crippen MR) is 95.6 cm³/mol. The first kappa shape index (κ1) is 20.9. The molecule has 0 saturated carbocycles. The maximum absolute atomic E-state index is 13.3. The van der Waals surface area contributed by atoms with Crippen molar-refractivity contribution in [3.05, 3.63) is 69.5 Å². The highest BCUT2D eigenvalue weighted by atomic mass is 35.5. The molecule has 0 aliphatic rings. The lowest BCUT2D eigenvalue weighted by Gasteiger charge is -2.10. The van der Waals surface area contributed by atoms with E-state index in [0.717, 1.165) is 6.07 Å². The number of halogens is 6. The Morgan fingerprint density at radius 1 is 1.17 bits per heavy atom. The van der Waals surface area contributed by atoms with Crippen LogP contribution in [0.1, 0.15) is 21.7 Å². The highest BCUT2D eigenvalue weighted by Gasteiger charge is 2.34. The summed E-state index contributed by atoms with van der Waals surface area (Å²) in [4.78, 5) is 16.0. The second-order valence-corrected chi connectivity index (χ2v) is 6.58. The van der Waals surface area contributed by atoms with E-state index in [9.17, 15) is 27.5 Å². The molecule has 1 heterocycles. The van der Waals surface area contributed by atoms with Crippen molar-refractivity contribution < 1.29 is 27.5 Å². The standard InChI is InChI=1S/C17H10Cl2F4N4O2/c18-11-4-9(5-12(19)14(11)28)27-7-25-15(26-27)16(29)24-6-8-1-2-13(20)10(3-8)17(21,22)23/h1-5,7,28H,6H2,(H,24,29). The molecule has 6 nitrogen and oxygen atoms in total. The van der Waals surface area contributed by atoms with Crippen LogP contribution in [0, 0.1) is 5.82 Å². The third kappa shape index (κ3) is 4.60. The van der Waals surface area contributed by atoms with Gasteiger partial charge in [-0.2, -0.15) is 13.2 Å². The minimum Gasteiger partial charge on any atom is -0.505 e. The van der Waals surface area contributed by atoms with Crippen LogP contribution in [0.15, 0.2) is 36.7 Å². The lowest BCUT2D eigenvalue weighted by atomic mass is 10.1. The van der Waals surface area contributed by atoms with Gasteiger partial charge >= 0.3 is 6.18 Å². The summed E-state index contributed by atoms with van der Waals surface area (Å²) in [6.07, 6.45) is -3.66. The summed E-state index contributed by atoms with van der Waals surface area (Å²) in [5, 5.41) is 15.8. The molecule has 2 aromatic carbocycles. The van der Waals surface area contributed by atoms with Crippen LogP contribution in [0.5, 0.6) is 5.75 Å². The van der Waals surface area contributed by atoms with Crippen LogP contribution in [0.3, 0.4) is 0 Å². The number of hydrogen-bond acceptors (Lipinski definition) is 4. The van der Waals surface area contributed by atoms with E-state index < -0.39 is 23.5 Å². The minimum atomic E-state index is -4.85. The van der Waals surface area contributed by atoms with Crippen LogP contribution in [-0.4, -0.2) is 25.8 Å². The van der Waals surface area contributed by atoms with Crippen LogP contribution < -0.4 is 5.32 Å². The van der Waals surface area contributed by atoms with Crippen molar-refractivity contribution in [2.24, 2.45) is 0 Å². The molecule has 0 aliphatic carbocycles. The Kier molecular flexibility index (Phi) is 5.67. The number of aromatic nitrogens is 3. The molecule has 1 amide bonds. The fourth-order valence-corrected chi connectivity index (χ4v) is 2.81. The maximum atomic E-state index is 13.3. The average molecular weight is 449 g/mol. The first-order chi connectivity index (χ1) is 13.6. The molecule has 0 unspecified atom stereocenters. The SMILES string of the molecule is O=C(NCc1ccc(F)c(C(F)(F)F)c1)c1ncn(-c2cc(Cl)c(O)c(Cl)c2)n1. The summed E-state index contributed by atoms with van der Waals surface area (Å²) in [6.45, 7) is -0.298. The molecular formula is C17H10Cl2F4N4O2. The number of benzene rings is 2. The van der Waals surface area contributed by atoms with Gasteiger partial charge in [-0.1, -0.05) is 29.3 Å². The Labute approximate surface area is 170 Å². The van der Waals surface area contributed by atoms with Gasteiger partial charge in [-0.3, -0.25) is 4.79 Å². The Bertz CT molecular complexity index is 1060. The number of nitrogens with zero attached hydrogens (tertiary/aromatic N) is 3. The van der Waals surface area contributed by atoms with Gasteiger partial charge in [0.15, 0.2) is 5.75 Å². The molecule has 0 aliphatic heterocycles. The average Bonchev–Trinajstić information content (AvgIpc) is 3.14. The van der Waals surface area contributed by atoms with Gasteiger partial charge in [-0.15, -0.1) is 5.10 Å². The van der Waals surface area contributed by atoms with Gasteiger partial charge in [-0.05, 0) is 29.8 Å². The second kappa shape index (κ2) is 7.88. The first-order valence-corrected chi connectivity index (χ1v) is 8.55. The van der Waals surface area contributed by atoms with E-state index in [1.807, 2.05) is 0 Å². The maximum Gasteiger partial charge on any atom is 0.419 e. The zero-order valence-corrected chi connectivity index (χ0v) is 15.6. The van der Waals surface area contributed by atoms with E-state index in [1.165, 1.54) is 23.1 Å². The molecule has 0 saturated heterocycles. The molecule has 3 aromatic rings. The summed E-state index contributed by atoms with van der Waals surface area (Å²) >= 11 is 11.7. The van der Waals surface area contributed by atoms with Crippen molar-refractivity contribution in [1.82, 2.24) is 20.1 Å². The van der Waals surface area contributed by atoms with Gasteiger partial charge in [0.05, 0.1) is 21.3 Å². The monoisotopic (exact) mass is 448 g/mol. The zero-order valence-electron chi connectivity index (χ0n) is 14.1. The van der Waals surface area contributed by atoms with Crippen molar-refractivity contribution in [2.75, 3.05) is 0 Å². The third-order valence-electron chi connectivity index (χ3n) is 3.75. The number of carbonyl (C=O) groups excluding carboxylic acids is 1. The summed E-state index contributed by atoms with van der Waals surface area (Å²) < 4.78 is 52.7. The highest BCUT2D eigenvalue weighted by molar-refractivity contribution is 6.37. The largest absolute Gasteiger partial charge is 0.505 e. The summed E-state index contributed by atoms with van der Waals surface area (Å²) in [5.74, 6) is -2.76. The van der Waals surface area contributed by atoms with E-state index in [0.29, 0.717) is 17.8 Å². The van der Waals surface area contributed by atoms with Crippen LogP contribution in [-0.2, 0) is 12.7 Å². The molecule has 3 rings (SSSR count). The van der Waals surface area contributed by atoms with Crippen molar-refractivity contribution in [2.45, 2.75) is 12.7 Å². The quantitative estimate of drug-likeness (QED) is 0.580. The highest BCUT2D eigenvalue weighted by Crippen LogP contribution is 2.34. The fourth-order valence-electron chi connectivity index (χ4n) is 2.34. The van der Waals surface area contributed by atoms with E-state index >= 15 is 0 Å². The number of phenols is 1. The number of amides is 1. The molecule has 0 radical (unpaired) electrons. The molecule has 0 fully saturated rings. The Hall–Kier alpha value is -2.85. The van der Waals surface area contributed by atoms with E-state index in [4.69, 9.17) is 23.2 Å². The number of phenolic OH excluding ortho intramolecular Hbond substituents is 1. The molecule has 29 heavy (non-hydrogen) atoms. The van der Waals surface area contributed by atoms with E-state index in [1.54, 1.807) is 0 Å². The summed E-state index contributed by atoms with van der Waals surface area (Å²) in [5.41, 5.74) is -1.06. The van der Waals surface area contributed by atoms with Gasteiger partial charge in [0.1, 0.15) is 12.1 Å². The van der Waals surface area contributed by atoms with E-state index in [2.05, 4.69) is 15.4 Å². The number of alkyl halides is 3. The molecule has 0 atom stereocenters. The van der Waals surface area contributed by atoms with Crippen LogP contribution in [0.25, 0.3) is 5.69 Å². The van der Waals surface area contributed by atoms with Crippen LogP contribution in [0.4, 0.5) is 17.6 Å². The van der Waals surface area contributed by atoms with Gasteiger partial charge in [0.25, 0.3) is 5.91 Å². The van der Waals surface area contributed by atoms with Crippen molar-refractivity contribution in [1.29, 1.82) is 0 Å².